The Balaban J connectivity index is 1.53. The van der Waals surface area contributed by atoms with E-state index in [1.165, 1.54) is 5.56 Å². The predicted molar refractivity (Wildman–Crippen MR) is 107 cm³/mol. The van der Waals surface area contributed by atoms with Crippen LogP contribution in [-0.2, 0) is 17.9 Å². The molecule has 5 nitrogen and oxygen atoms in total. The number of morpholine rings is 1. The van der Waals surface area contributed by atoms with Gasteiger partial charge >= 0.3 is 0 Å². The van der Waals surface area contributed by atoms with E-state index in [0.717, 1.165) is 56.5 Å². The molecule has 1 aliphatic rings. The Morgan fingerprint density at radius 2 is 1.81 bits per heavy atom. The fourth-order valence-corrected chi connectivity index (χ4v) is 3.21. The molecule has 1 heterocycles. The maximum atomic E-state index is 6.01. The number of methoxy groups -OCH3 is 1. The second kappa shape index (κ2) is 10.3. The van der Waals surface area contributed by atoms with Crippen LogP contribution in [0.25, 0.3) is 0 Å². The van der Waals surface area contributed by atoms with Gasteiger partial charge in [-0.1, -0.05) is 36.4 Å². The van der Waals surface area contributed by atoms with E-state index in [4.69, 9.17) is 14.2 Å². The fourth-order valence-electron chi connectivity index (χ4n) is 3.21. The predicted octanol–water partition coefficient (Wildman–Crippen LogP) is 3.08. The molecule has 1 unspecified atom stereocenters. The number of nitrogens with zero attached hydrogens (tertiary/aromatic N) is 1. The third kappa shape index (κ3) is 6.24. The first-order chi connectivity index (χ1) is 13.2. The van der Waals surface area contributed by atoms with E-state index in [0.29, 0.717) is 12.6 Å². The van der Waals surface area contributed by atoms with E-state index in [9.17, 15) is 0 Å². The highest BCUT2D eigenvalue weighted by Gasteiger charge is 2.14. The molecule has 0 amide bonds. The molecule has 2 aromatic carbocycles. The second-order valence-corrected chi connectivity index (χ2v) is 6.95. The van der Waals surface area contributed by atoms with E-state index < -0.39 is 0 Å². The van der Waals surface area contributed by atoms with Crippen molar-refractivity contribution in [3.8, 4) is 11.5 Å². The quantitative estimate of drug-likeness (QED) is 0.735. The van der Waals surface area contributed by atoms with Crippen LogP contribution in [0.1, 0.15) is 18.1 Å². The molecule has 0 spiro atoms. The van der Waals surface area contributed by atoms with Crippen LogP contribution in [0.5, 0.6) is 11.5 Å². The molecule has 0 radical (unpaired) electrons. The summed E-state index contributed by atoms with van der Waals surface area (Å²) in [4.78, 5) is 2.45. The summed E-state index contributed by atoms with van der Waals surface area (Å²) < 4.78 is 16.9. The molecule has 1 atom stereocenters. The van der Waals surface area contributed by atoms with Gasteiger partial charge in [0.05, 0.1) is 20.3 Å². The molecule has 0 saturated carbocycles. The lowest BCUT2D eigenvalue weighted by Crippen LogP contribution is -2.44. The lowest BCUT2D eigenvalue weighted by Gasteiger charge is -2.29. The number of hydrogen-bond acceptors (Lipinski definition) is 5. The molecule has 146 valence electrons. The van der Waals surface area contributed by atoms with Gasteiger partial charge in [0.2, 0.25) is 0 Å². The highest BCUT2D eigenvalue weighted by Crippen LogP contribution is 2.29. The molecule has 5 heteroatoms. The van der Waals surface area contributed by atoms with Gasteiger partial charge in [-0.15, -0.1) is 0 Å². The lowest BCUT2D eigenvalue weighted by atomic mass is 10.1. The van der Waals surface area contributed by atoms with Crippen molar-refractivity contribution < 1.29 is 14.2 Å². The highest BCUT2D eigenvalue weighted by molar-refractivity contribution is 5.43. The SMILES string of the molecule is COc1ccc(CNC(C)CN2CCOCC2)cc1OCc1ccccc1. The molecule has 3 rings (SSSR count). The summed E-state index contributed by atoms with van der Waals surface area (Å²) in [6.07, 6.45) is 0. The molecular weight excluding hydrogens is 340 g/mol. The van der Waals surface area contributed by atoms with Gasteiger partial charge < -0.3 is 19.5 Å². The minimum absolute atomic E-state index is 0.416. The van der Waals surface area contributed by atoms with E-state index in [2.05, 4.69) is 41.4 Å². The van der Waals surface area contributed by atoms with Gasteiger partial charge in [0, 0.05) is 32.2 Å². The topological polar surface area (TPSA) is 43.0 Å². The van der Waals surface area contributed by atoms with Crippen molar-refractivity contribution in [2.45, 2.75) is 26.1 Å². The number of hydrogen-bond donors (Lipinski definition) is 1. The Bertz CT molecular complexity index is 687. The monoisotopic (exact) mass is 370 g/mol. The van der Waals surface area contributed by atoms with E-state index >= 15 is 0 Å². The van der Waals surface area contributed by atoms with Crippen molar-refractivity contribution >= 4 is 0 Å². The number of rotatable bonds is 9. The molecule has 1 saturated heterocycles. The normalized spacial score (nSPS) is 16.1. The average Bonchev–Trinajstić information content (AvgIpc) is 2.72. The molecule has 0 bridgehead atoms. The number of ether oxygens (including phenoxy) is 3. The first kappa shape index (κ1) is 19.7. The zero-order valence-corrected chi connectivity index (χ0v) is 16.3. The summed E-state index contributed by atoms with van der Waals surface area (Å²) >= 11 is 0. The average molecular weight is 370 g/mol. The summed E-state index contributed by atoms with van der Waals surface area (Å²) in [7, 11) is 1.67. The Hall–Kier alpha value is -2.08. The van der Waals surface area contributed by atoms with Gasteiger partial charge in [0.15, 0.2) is 11.5 Å². The molecule has 27 heavy (non-hydrogen) atoms. The van der Waals surface area contributed by atoms with Crippen LogP contribution in [0.4, 0.5) is 0 Å². The van der Waals surface area contributed by atoms with Gasteiger partial charge in [0.1, 0.15) is 6.61 Å². The maximum Gasteiger partial charge on any atom is 0.161 e. The smallest absolute Gasteiger partial charge is 0.161 e. The van der Waals surface area contributed by atoms with Gasteiger partial charge in [0.25, 0.3) is 0 Å². The standard InChI is InChI=1S/C22H30N2O3/c1-18(16-24-10-12-26-13-11-24)23-15-20-8-9-21(25-2)22(14-20)27-17-19-6-4-3-5-7-19/h3-9,14,18,23H,10-13,15-17H2,1-2H3. The van der Waals surface area contributed by atoms with E-state index in [-0.39, 0.29) is 0 Å². The summed E-state index contributed by atoms with van der Waals surface area (Å²) in [6.45, 7) is 8.32. The van der Waals surface area contributed by atoms with Crippen LogP contribution in [0.3, 0.4) is 0 Å². The van der Waals surface area contributed by atoms with Crippen LogP contribution >= 0.6 is 0 Å². The molecular formula is C22H30N2O3. The summed E-state index contributed by atoms with van der Waals surface area (Å²) in [5.41, 5.74) is 2.33. The number of nitrogens with one attached hydrogen (secondary N) is 1. The first-order valence-corrected chi connectivity index (χ1v) is 9.61. The molecule has 0 aromatic heterocycles. The van der Waals surface area contributed by atoms with Crippen LogP contribution in [-0.4, -0.2) is 50.9 Å². The fraction of sp³-hybridized carbons (Fsp3) is 0.455. The minimum atomic E-state index is 0.416. The summed E-state index contributed by atoms with van der Waals surface area (Å²) in [5, 5.41) is 3.61. The van der Waals surface area contributed by atoms with Gasteiger partial charge in [-0.3, -0.25) is 4.90 Å². The summed E-state index contributed by atoms with van der Waals surface area (Å²) in [6, 6.07) is 16.7. The Morgan fingerprint density at radius 1 is 1.04 bits per heavy atom. The Labute approximate surface area is 162 Å². The Morgan fingerprint density at radius 3 is 2.56 bits per heavy atom. The molecule has 2 aromatic rings. The van der Waals surface area contributed by atoms with Crippen molar-refractivity contribution in [2.24, 2.45) is 0 Å². The van der Waals surface area contributed by atoms with Crippen molar-refractivity contribution in [1.29, 1.82) is 0 Å². The van der Waals surface area contributed by atoms with Crippen LogP contribution in [0.2, 0.25) is 0 Å². The highest BCUT2D eigenvalue weighted by atomic mass is 16.5. The van der Waals surface area contributed by atoms with Crippen LogP contribution in [0.15, 0.2) is 48.5 Å². The molecule has 1 N–H and O–H groups in total. The van der Waals surface area contributed by atoms with Crippen LogP contribution < -0.4 is 14.8 Å². The van der Waals surface area contributed by atoms with Crippen molar-refractivity contribution in [1.82, 2.24) is 10.2 Å². The zero-order valence-electron chi connectivity index (χ0n) is 16.3. The third-order valence-corrected chi connectivity index (χ3v) is 4.76. The molecule has 1 aliphatic heterocycles. The first-order valence-electron chi connectivity index (χ1n) is 9.61. The van der Waals surface area contributed by atoms with Crippen LogP contribution in [0, 0.1) is 0 Å². The largest absolute Gasteiger partial charge is 0.493 e. The van der Waals surface area contributed by atoms with Gasteiger partial charge in [-0.05, 0) is 30.2 Å². The van der Waals surface area contributed by atoms with Gasteiger partial charge in [-0.25, -0.2) is 0 Å². The number of benzene rings is 2. The molecule has 1 fully saturated rings. The molecule has 0 aliphatic carbocycles. The van der Waals surface area contributed by atoms with E-state index in [1.807, 2.05) is 24.3 Å². The maximum absolute atomic E-state index is 6.01. The second-order valence-electron chi connectivity index (χ2n) is 6.95. The minimum Gasteiger partial charge on any atom is -0.493 e. The Kier molecular flexibility index (Phi) is 7.51. The lowest BCUT2D eigenvalue weighted by molar-refractivity contribution is 0.0343. The van der Waals surface area contributed by atoms with Crippen molar-refractivity contribution in [2.75, 3.05) is 40.0 Å². The van der Waals surface area contributed by atoms with Crippen molar-refractivity contribution in [3.63, 3.8) is 0 Å². The third-order valence-electron chi connectivity index (χ3n) is 4.76. The zero-order chi connectivity index (χ0) is 18.9. The van der Waals surface area contributed by atoms with Gasteiger partial charge in [-0.2, -0.15) is 0 Å². The van der Waals surface area contributed by atoms with Crippen molar-refractivity contribution in [3.05, 3.63) is 59.7 Å². The van der Waals surface area contributed by atoms with E-state index in [1.54, 1.807) is 7.11 Å². The summed E-state index contributed by atoms with van der Waals surface area (Å²) in [5.74, 6) is 1.54.